The van der Waals surface area contributed by atoms with Crippen LogP contribution in [0.3, 0.4) is 0 Å². The zero-order chi connectivity index (χ0) is 15.6. The number of nitrogens with zero attached hydrogens (tertiary/aromatic N) is 1. The molecule has 116 valence electrons. The number of ketones is 1. The Kier molecular flexibility index (Phi) is 3.74. The standard InChI is InChI=1S/C21H21NO/c23-19-13-7-12-18(15-19)22-20(14-16-8-3-1-4-9-16)21(22)17-10-5-2-6-11-17/h1-6,8-11,15,20-21H,7,12-14H2. The number of rotatable bonds is 4. The summed E-state index contributed by atoms with van der Waals surface area (Å²) in [6.45, 7) is 0. The van der Waals surface area contributed by atoms with Crippen LogP contribution < -0.4 is 0 Å². The van der Waals surface area contributed by atoms with Crippen molar-refractivity contribution in [2.24, 2.45) is 0 Å². The fourth-order valence-electron chi connectivity index (χ4n) is 3.75. The Hall–Kier alpha value is -2.35. The smallest absolute Gasteiger partial charge is 0.157 e. The fraction of sp³-hybridized carbons (Fsp3) is 0.286. The fourth-order valence-corrected chi connectivity index (χ4v) is 3.75. The molecule has 2 aromatic rings. The molecule has 2 nitrogen and oxygen atoms in total. The van der Waals surface area contributed by atoms with Gasteiger partial charge in [-0.2, -0.15) is 0 Å². The van der Waals surface area contributed by atoms with Crippen molar-refractivity contribution >= 4 is 5.78 Å². The largest absolute Gasteiger partial charge is 0.360 e. The zero-order valence-corrected chi connectivity index (χ0v) is 13.2. The average molecular weight is 303 g/mol. The normalized spacial score (nSPS) is 23.6. The van der Waals surface area contributed by atoms with Gasteiger partial charge < -0.3 is 4.90 Å². The Morgan fingerprint density at radius 1 is 0.913 bits per heavy atom. The molecule has 0 radical (unpaired) electrons. The minimum atomic E-state index is 0.281. The predicted molar refractivity (Wildman–Crippen MR) is 91.9 cm³/mol. The first-order valence-electron chi connectivity index (χ1n) is 8.43. The first-order valence-corrected chi connectivity index (χ1v) is 8.43. The summed E-state index contributed by atoms with van der Waals surface area (Å²) in [6, 6.07) is 22.2. The van der Waals surface area contributed by atoms with Gasteiger partial charge in [0.05, 0.1) is 12.1 Å². The van der Waals surface area contributed by atoms with E-state index < -0.39 is 0 Å². The summed E-state index contributed by atoms with van der Waals surface area (Å²) in [4.78, 5) is 14.3. The number of hydrogen-bond donors (Lipinski definition) is 0. The monoisotopic (exact) mass is 303 g/mol. The summed E-state index contributed by atoms with van der Waals surface area (Å²) in [6.07, 6.45) is 5.63. The molecule has 2 aromatic carbocycles. The Labute approximate surface area is 137 Å². The van der Waals surface area contributed by atoms with E-state index in [9.17, 15) is 4.79 Å². The molecule has 1 aliphatic carbocycles. The molecule has 2 aliphatic rings. The first-order chi connectivity index (χ1) is 11.3. The van der Waals surface area contributed by atoms with E-state index >= 15 is 0 Å². The molecule has 0 spiro atoms. The van der Waals surface area contributed by atoms with E-state index in [4.69, 9.17) is 0 Å². The number of hydrogen-bond acceptors (Lipinski definition) is 2. The van der Waals surface area contributed by atoms with Gasteiger partial charge in [0.15, 0.2) is 5.78 Å². The highest BCUT2D eigenvalue weighted by molar-refractivity contribution is 5.91. The van der Waals surface area contributed by atoms with E-state index in [1.54, 1.807) is 0 Å². The molecule has 0 aromatic heterocycles. The second-order valence-corrected chi connectivity index (χ2v) is 6.48. The van der Waals surface area contributed by atoms with Crippen LogP contribution in [-0.4, -0.2) is 16.7 Å². The van der Waals surface area contributed by atoms with Crippen molar-refractivity contribution in [1.29, 1.82) is 0 Å². The van der Waals surface area contributed by atoms with Gasteiger partial charge in [0.25, 0.3) is 0 Å². The minimum absolute atomic E-state index is 0.281. The van der Waals surface area contributed by atoms with Crippen molar-refractivity contribution in [3.05, 3.63) is 83.6 Å². The van der Waals surface area contributed by atoms with Gasteiger partial charge >= 0.3 is 0 Å². The quantitative estimate of drug-likeness (QED) is 0.785. The van der Waals surface area contributed by atoms with Crippen LogP contribution in [0, 0.1) is 0 Å². The van der Waals surface area contributed by atoms with Crippen LogP contribution in [0.1, 0.15) is 36.4 Å². The second kappa shape index (κ2) is 6.04. The van der Waals surface area contributed by atoms with Gasteiger partial charge in [-0.1, -0.05) is 60.7 Å². The summed E-state index contributed by atoms with van der Waals surface area (Å²) >= 11 is 0. The maximum atomic E-state index is 11.8. The highest BCUT2D eigenvalue weighted by atomic mass is 16.1. The molecule has 2 unspecified atom stereocenters. The first kappa shape index (κ1) is 14.3. The molecule has 1 heterocycles. The Morgan fingerprint density at radius 3 is 2.30 bits per heavy atom. The molecule has 2 heteroatoms. The van der Waals surface area contributed by atoms with Crippen LogP contribution in [0.2, 0.25) is 0 Å². The van der Waals surface area contributed by atoms with Gasteiger partial charge in [-0.3, -0.25) is 4.79 Å². The average Bonchev–Trinajstić information content (AvgIpc) is 3.30. The maximum Gasteiger partial charge on any atom is 0.157 e. The van der Waals surface area contributed by atoms with E-state index in [1.807, 2.05) is 6.08 Å². The number of carbonyl (C=O) groups excluding carboxylic acids is 1. The van der Waals surface area contributed by atoms with Crippen LogP contribution in [0.4, 0.5) is 0 Å². The van der Waals surface area contributed by atoms with Crippen molar-refractivity contribution in [2.75, 3.05) is 0 Å². The van der Waals surface area contributed by atoms with Crippen LogP contribution in [0.15, 0.2) is 72.4 Å². The van der Waals surface area contributed by atoms with Crippen molar-refractivity contribution in [3.63, 3.8) is 0 Å². The van der Waals surface area contributed by atoms with Gasteiger partial charge in [-0.25, -0.2) is 0 Å². The molecule has 2 atom stereocenters. The molecule has 1 aliphatic heterocycles. The molecular weight excluding hydrogens is 282 g/mol. The minimum Gasteiger partial charge on any atom is -0.360 e. The van der Waals surface area contributed by atoms with Crippen LogP contribution >= 0.6 is 0 Å². The third-order valence-corrected chi connectivity index (χ3v) is 4.88. The molecule has 23 heavy (non-hydrogen) atoms. The molecule has 0 N–H and O–H groups in total. The molecule has 4 rings (SSSR count). The number of carbonyl (C=O) groups is 1. The predicted octanol–water partition coefficient (Wildman–Crippen LogP) is 4.29. The SMILES string of the molecule is O=C1C=C(N2C(Cc3ccccc3)C2c2ccccc2)CCC1. The highest BCUT2D eigenvalue weighted by Gasteiger charge is 2.49. The lowest BCUT2D eigenvalue weighted by atomic mass is 10.0. The van der Waals surface area contributed by atoms with Gasteiger partial charge in [-0.15, -0.1) is 0 Å². The summed E-state index contributed by atoms with van der Waals surface area (Å²) in [5.41, 5.74) is 3.95. The molecule has 1 saturated heterocycles. The lowest BCUT2D eigenvalue weighted by Gasteiger charge is -2.15. The van der Waals surface area contributed by atoms with Gasteiger partial charge in [0, 0.05) is 18.2 Å². The van der Waals surface area contributed by atoms with E-state index in [-0.39, 0.29) is 5.78 Å². The summed E-state index contributed by atoms with van der Waals surface area (Å²) in [5, 5.41) is 0. The highest BCUT2D eigenvalue weighted by Crippen LogP contribution is 2.49. The maximum absolute atomic E-state index is 11.8. The summed E-state index contributed by atoms with van der Waals surface area (Å²) < 4.78 is 0. The number of allylic oxidation sites excluding steroid dienone is 2. The van der Waals surface area contributed by atoms with E-state index in [1.165, 1.54) is 16.8 Å². The van der Waals surface area contributed by atoms with E-state index in [0.29, 0.717) is 18.5 Å². The molecule has 0 bridgehead atoms. The molecule has 0 saturated carbocycles. The van der Waals surface area contributed by atoms with Crippen LogP contribution in [0.5, 0.6) is 0 Å². The molecular formula is C21H21NO. The van der Waals surface area contributed by atoms with Crippen molar-refractivity contribution in [1.82, 2.24) is 4.90 Å². The Balaban J connectivity index is 1.61. The van der Waals surface area contributed by atoms with Crippen molar-refractivity contribution in [3.8, 4) is 0 Å². The Morgan fingerprint density at radius 2 is 1.61 bits per heavy atom. The van der Waals surface area contributed by atoms with Gasteiger partial charge in [0.2, 0.25) is 0 Å². The lowest BCUT2D eigenvalue weighted by Crippen LogP contribution is -2.11. The topological polar surface area (TPSA) is 20.1 Å². The van der Waals surface area contributed by atoms with E-state index in [0.717, 1.165) is 19.3 Å². The van der Waals surface area contributed by atoms with E-state index in [2.05, 4.69) is 65.6 Å². The van der Waals surface area contributed by atoms with Crippen molar-refractivity contribution in [2.45, 2.75) is 37.8 Å². The molecule has 0 amide bonds. The number of benzene rings is 2. The van der Waals surface area contributed by atoms with Crippen LogP contribution in [0.25, 0.3) is 0 Å². The van der Waals surface area contributed by atoms with Gasteiger partial charge in [-0.05, 0) is 30.4 Å². The zero-order valence-electron chi connectivity index (χ0n) is 13.2. The summed E-state index contributed by atoms with van der Waals surface area (Å²) in [7, 11) is 0. The third kappa shape index (κ3) is 2.94. The molecule has 1 fully saturated rings. The van der Waals surface area contributed by atoms with Crippen LogP contribution in [-0.2, 0) is 11.2 Å². The second-order valence-electron chi connectivity index (χ2n) is 6.48. The lowest BCUT2D eigenvalue weighted by molar-refractivity contribution is -0.115. The third-order valence-electron chi connectivity index (χ3n) is 4.88. The van der Waals surface area contributed by atoms with Gasteiger partial charge in [0.1, 0.15) is 0 Å². The summed E-state index contributed by atoms with van der Waals surface area (Å²) in [5.74, 6) is 0.281. The Bertz CT molecular complexity index is 720. The van der Waals surface area contributed by atoms with Crippen molar-refractivity contribution < 1.29 is 4.79 Å².